The van der Waals surface area contributed by atoms with Crippen molar-refractivity contribution in [3.8, 4) is 0 Å². The first-order chi connectivity index (χ1) is 13.7. The van der Waals surface area contributed by atoms with Crippen LogP contribution < -0.4 is 5.32 Å². The normalized spacial score (nSPS) is 15.1. The largest absolute Gasteiger partial charge is 0.361 e. The van der Waals surface area contributed by atoms with E-state index in [9.17, 15) is 9.59 Å². The number of carbonyl (C=O) groups excluding carboxylic acids is 2. The fourth-order valence-electron chi connectivity index (χ4n) is 3.60. The molecule has 6 nitrogen and oxygen atoms in total. The van der Waals surface area contributed by atoms with Crippen molar-refractivity contribution in [3.63, 3.8) is 0 Å². The van der Waals surface area contributed by atoms with E-state index in [2.05, 4.69) is 21.3 Å². The summed E-state index contributed by atoms with van der Waals surface area (Å²) in [4.78, 5) is 32.9. The molecule has 1 saturated heterocycles. The SMILES string of the molecule is O=C(NCCN1CCN(C(=O)Cc2c[nH]c3ccccc23)CC1)c1cccs1. The summed E-state index contributed by atoms with van der Waals surface area (Å²) in [6.45, 7) is 4.59. The number of carbonyl (C=O) groups is 2. The van der Waals surface area contributed by atoms with Crippen molar-refractivity contribution >= 4 is 34.1 Å². The summed E-state index contributed by atoms with van der Waals surface area (Å²) in [6.07, 6.45) is 2.37. The molecule has 0 saturated carbocycles. The number of rotatable bonds is 6. The number of hydrogen-bond acceptors (Lipinski definition) is 4. The minimum Gasteiger partial charge on any atom is -0.361 e. The third kappa shape index (κ3) is 4.26. The van der Waals surface area contributed by atoms with Gasteiger partial charge in [-0.1, -0.05) is 24.3 Å². The number of hydrogen-bond donors (Lipinski definition) is 2. The van der Waals surface area contributed by atoms with Gasteiger partial charge in [0, 0.05) is 56.4 Å². The summed E-state index contributed by atoms with van der Waals surface area (Å²) in [5, 5.41) is 5.98. The van der Waals surface area contributed by atoms with Gasteiger partial charge in [0.25, 0.3) is 5.91 Å². The zero-order valence-corrected chi connectivity index (χ0v) is 16.5. The molecule has 146 valence electrons. The van der Waals surface area contributed by atoms with Crippen LogP contribution in [-0.2, 0) is 11.2 Å². The van der Waals surface area contributed by atoms with E-state index in [1.54, 1.807) is 0 Å². The number of para-hydroxylation sites is 1. The summed E-state index contributed by atoms with van der Waals surface area (Å²) in [5.41, 5.74) is 2.12. The third-order valence-electron chi connectivity index (χ3n) is 5.20. The molecule has 28 heavy (non-hydrogen) atoms. The monoisotopic (exact) mass is 396 g/mol. The highest BCUT2D eigenvalue weighted by atomic mass is 32.1. The Labute approximate surface area is 168 Å². The van der Waals surface area contributed by atoms with Gasteiger partial charge in [-0.15, -0.1) is 11.3 Å². The van der Waals surface area contributed by atoms with Crippen molar-refractivity contribution in [2.45, 2.75) is 6.42 Å². The smallest absolute Gasteiger partial charge is 0.261 e. The van der Waals surface area contributed by atoms with E-state index < -0.39 is 0 Å². The van der Waals surface area contributed by atoms with Crippen LogP contribution in [0.1, 0.15) is 15.2 Å². The molecule has 1 aliphatic heterocycles. The van der Waals surface area contributed by atoms with Crippen LogP contribution in [0.3, 0.4) is 0 Å². The standard InChI is InChI=1S/C21H24N4O2S/c26-20(14-16-15-23-18-5-2-1-4-17(16)18)25-11-9-24(10-12-25)8-7-22-21(27)19-6-3-13-28-19/h1-6,13,15,23H,7-12,14H2,(H,22,27). The van der Waals surface area contributed by atoms with Crippen molar-refractivity contribution in [2.24, 2.45) is 0 Å². The van der Waals surface area contributed by atoms with Crippen LogP contribution in [0.15, 0.2) is 48.0 Å². The zero-order valence-electron chi connectivity index (χ0n) is 15.7. The molecule has 0 unspecified atom stereocenters. The summed E-state index contributed by atoms with van der Waals surface area (Å²) in [5.74, 6) is 0.165. The Hall–Kier alpha value is -2.64. The van der Waals surface area contributed by atoms with Crippen molar-refractivity contribution in [1.29, 1.82) is 0 Å². The number of amides is 2. The van der Waals surface area contributed by atoms with Crippen molar-refractivity contribution < 1.29 is 9.59 Å². The zero-order chi connectivity index (χ0) is 19.3. The van der Waals surface area contributed by atoms with E-state index in [0.717, 1.165) is 54.1 Å². The first-order valence-electron chi connectivity index (χ1n) is 9.57. The van der Waals surface area contributed by atoms with Gasteiger partial charge >= 0.3 is 0 Å². The van der Waals surface area contributed by atoms with Crippen LogP contribution >= 0.6 is 11.3 Å². The number of nitrogens with one attached hydrogen (secondary N) is 2. The molecule has 1 aromatic carbocycles. The van der Waals surface area contributed by atoms with E-state index in [1.165, 1.54) is 11.3 Å². The topological polar surface area (TPSA) is 68.4 Å². The Morgan fingerprint density at radius 1 is 1.07 bits per heavy atom. The number of aromatic amines is 1. The van der Waals surface area contributed by atoms with Crippen LogP contribution in [0.25, 0.3) is 10.9 Å². The van der Waals surface area contributed by atoms with Gasteiger partial charge in [0.2, 0.25) is 5.91 Å². The molecule has 0 aliphatic carbocycles. The molecule has 2 amide bonds. The lowest BCUT2D eigenvalue weighted by molar-refractivity contribution is -0.132. The summed E-state index contributed by atoms with van der Waals surface area (Å²) in [6, 6.07) is 11.8. The highest BCUT2D eigenvalue weighted by Gasteiger charge is 2.21. The molecular weight excluding hydrogens is 372 g/mol. The van der Waals surface area contributed by atoms with E-state index in [1.807, 2.05) is 46.8 Å². The number of fused-ring (bicyclic) bond motifs is 1. The number of aromatic nitrogens is 1. The van der Waals surface area contributed by atoms with Gasteiger partial charge in [-0.05, 0) is 23.1 Å². The molecule has 1 aliphatic rings. The van der Waals surface area contributed by atoms with Gasteiger partial charge in [-0.3, -0.25) is 14.5 Å². The van der Waals surface area contributed by atoms with Crippen molar-refractivity contribution in [3.05, 3.63) is 58.4 Å². The van der Waals surface area contributed by atoms with Gasteiger partial charge in [0.1, 0.15) is 0 Å². The predicted octanol–water partition coefficient (Wildman–Crippen LogP) is 2.35. The number of piperazine rings is 1. The quantitative estimate of drug-likeness (QED) is 0.672. The van der Waals surface area contributed by atoms with Crippen LogP contribution in [0, 0.1) is 0 Å². The highest BCUT2D eigenvalue weighted by Crippen LogP contribution is 2.19. The van der Waals surface area contributed by atoms with E-state index in [4.69, 9.17) is 0 Å². The molecule has 4 rings (SSSR count). The molecule has 2 N–H and O–H groups in total. The Kier molecular flexibility index (Phi) is 5.73. The molecule has 0 bridgehead atoms. The first kappa shape index (κ1) is 18.7. The maximum absolute atomic E-state index is 12.7. The number of H-pyrrole nitrogens is 1. The van der Waals surface area contributed by atoms with E-state index in [0.29, 0.717) is 13.0 Å². The van der Waals surface area contributed by atoms with Crippen molar-refractivity contribution in [2.75, 3.05) is 39.3 Å². The second-order valence-electron chi connectivity index (χ2n) is 6.99. The molecule has 0 spiro atoms. The number of nitrogens with zero attached hydrogens (tertiary/aromatic N) is 2. The summed E-state index contributed by atoms with van der Waals surface area (Å²) in [7, 11) is 0. The second-order valence-corrected chi connectivity index (χ2v) is 7.94. The Balaban J connectivity index is 1.21. The third-order valence-corrected chi connectivity index (χ3v) is 6.07. The number of benzene rings is 1. The minimum atomic E-state index is -0.0115. The fraction of sp³-hybridized carbons (Fsp3) is 0.333. The van der Waals surface area contributed by atoms with Crippen LogP contribution in [0.4, 0.5) is 0 Å². The van der Waals surface area contributed by atoms with Gasteiger partial charge in [-0.2, -0.15) is 0 Å². The van der Waals surface area contributed by atoms with E-state index in [-0.39, 0.29) is 11.8 Å². The highest BCUT2D eigenvalue weighted by molar-refractivity contribution is 7.12. The lowest BCUT2D eigenvalue weighted by Gasteiger charge is -2.34. The van der Waals surface area contributed by atoms with Crippen LogP contribution in [-0.4, -0.2) is 65.9 Å². The molecule has 0 radical (unpaired) electrons. The lowest BCUT2D eigenvalue weighted by atomic mass is 10.1. The maximum atomic E-state index is 12.7. The van der Waals surface area contributed by atoms with Gasteiger partial charge < -0.3 is 15.2 Å². The van der Waals surface area contributed by atoms with Gasteiger partial charge in [-0.25, -0.2) is 0 Å². The van der Waals surface area contributed by atoms with Crippen molar-refractivity contribution in [1.82, 2.24) is 20.1 Å². The van der Waals surface area contributed by atoms with Crippen LogP contribution in [0.5, 0.6) is 0 Å². The Bertz CT molecular complexity index is 942. The van der Waals surface area contributed by atoms with E-state index >= 15 is 0 Å². The van der Waals surface area contributed by atoms with Gasteiger partial charge in [0.05, 0.1) is 11.3 Å². The molecule has 1 fully saturated rings. The second kappa shape index (κ2) is 8.58. The van der Waals surface area contributed by atoms with Gasteiger partial charge in [0.15, 0.2) is 0 Å². The first-order valence-corrected chi connectivity index (χ1v) is 10.5. The average Bonchev–Trinajstić information content (AvgIpc) is 3.39. The molecule has 7 heteroatoms. The molecule has 0 atom stereocenters. The molecule has 2 aromatic heterocycles. The summed E-state index contributed by atoms with van der Waals surface area (Å²) >= 11 is 1.45. The number of thiophene rings is 1. The maximum Gasteiger partial charge on any atom is 0.261 e. The fourth-order valence-corrected chi connectivity index (χ4v) is 4.24. The molecule has 3 heterocycles. The molecule has 3 aromatic rings. The Morgan fingerprint density at radius 2 is 1.89 bits per heavy atom. The molecular formula is C21H24N4O2S. The minimum absolute atomic E-state index is 0.0115. The Morgan fingerprint density at radius 3 is 2.68 bits per heavy atom. The average molecular weight is 397 g/mol. The summed E-state index contributed by atoms with van der Waals surface area (Å²) < 4.78 is 0. The van der Waals surface area contributed by atoms with Crippen LogP contribution in [0.2, 0.25) is 0 Å². The lowest BCUT2D eigenvalue weighted by Crippen LogP contribution is -2.50. The predicted molar refractivity (Wildman–Crippen MR) is 112 cm³/mol.